The van der Waals surface area contributed by atoms with Crippen molar-refractivity contribution in [2.75, 3.05) is 11.9 Å². The minimum absolute atomic E-state index is 0.334. The van der Waals surface area contributed by atoms with E-state index in [0.717, 1.165) is 24.2 Å². The van der Waals surface area contributed by atoms with Gasteiger partial charge in [0.1, 0.15) is 5.82 Å². The molecule has 1 aromatic carbocycles. The highest BCUT2D eigenvalue weighted by Crippen LogP contribution is 2.26. The van der Waals surface area contributed by atoms with Crippen molar-refractivity contribution in [3.05, 3.63) is 29.1 Å². The molecule has 0 bridgehead atoms. The highest BCUT2D eigenvalue weighted by Gasteiger charge is 2.14. The van der Waals surface area contributed by atoms with Gasteiger partial charge in [0.2, 0.25) is 0 Å². The van der Waals surface area contributed by atoms with Gasteiger partial charge in [0.15, 0.2) is 6.29 Å². The number of carbonyl (C=O) groups excluding carboxylic acids is 1. The van der Waals surface area contributed by atoms with E-state index in [2.05, 4.69) is 5.32 Å². The predicted octanol–water partition coefficient (Wildman–Crippen LogP) is 1.61. The molecular weight excluding hydrogens is 157 g/mol. The Kier molecular flexibility index (Phi) is 1.57. The van der Waals surface area contributed by atoms with Crippen molar-refractivity contribution in [3.8, 4) is 0 Å². The number of rotatable bonds is 1. The van der Waals surface area contributed by atoms with E-state index in [1.54, 1.807) is 0 Å². The molecular formula is C9H8FNO. The number of halogens is 1. The van der Waals surface area contributed by atoms with E-state index < -0.39 is 0 Å². The lowest BCUT2D eigenvalue weighted by Crippen LogP contribution is -1.95. The Morgan fingerprint density at radius 1 is 1.50 bits per heavy atom. The monoisotopic (exact) mass is 165 g/mol. The first kappa shape index (κ1) is 7.28. The zero-order valence-electron chi connectivity index (χ0n) is 6.43. The molecule has 1 heterocycles. The van der Waals surface area contributed by atoms with Crippen LogP contribution in [0.2, 0.25) is 0 Å². The van der Waals surface area contributed by atoms with Gasteiger partial charge in [-0.05, 0) is 24.1 Å². The van der Waals surface area contributed by atoms with Crippen LogP contribution in [0.15, 0.2) is 12.1 Å². The third kappa shape index (κ3) is 0.978. The van der Waals surface area contributed by atoms with Crippen LogP contribution in [0.5, 0.6) is 0 Å². The van der Waals surface area contributed by atoms with E-state index >= 15 is 0 Å². The first-order chi connectivity index (χ1) is 5.81. The van der Waals surface area contributed by atoms with Crippen LogP contribution >= 0.6 is 0 Å². The fraction of sp³-hybridized carbons (Fsp3) is 0.222. The summed E-state index contributed by atoms with van der Waals surface area (Å²) in [7, 11) is 0. The third-order valence-corrected chi connectivity index (χ3v) is 2.04. The third-order valence-electron chi connectivity index (χ3n) is 2.04. The summed E-state index contributed by atoms with van der Waals surface area (Å²) in [6, 6.07) is 2.73. The number of fused-ring (bicyclic) bond motifs is 1. The van der Waals surface area contributed by atoms with Gasteiger partial charge >= 0.3 is 0 Å². The molecule has 3 heteroatoms. The van der Waals surface area contributed by atoms with Crippen molar-refractivity contribution >= 4 is 12.0 Å². The molecule has 1 aliphatic rings. The summed E-state index contributed by atoms with van der Waals surface area (Å²) in [6.45, 7) is 0.791. The van der Waals surface area contributed by atoms with Crippen LogP contribution < -0.4 is 5.32 Å². The number of hydrogen-bond acceptors (Lipinski definition) is 2. The van der Waals surface area contributed by atoms with Crippen molar-refractivity contribution in [2.45, 2.75) is 6.42 Å². The Morgan fingerprint density at radius 3 is 3.08 bits per heavy atom. The smallest absolute Gasteiger partial charge is 0.152 e. The number of aldehydes is 1. The quantitative estimate of drug-likeness (QED) is 0.640. The Hall–Kier alpha value is -1.38. The number of carbonyl (C=O) groups is 1. The van der Waals surface area contributed by atoms with Gasteiger partial charge < -0.3 is 5.32 Å². The molecule has 0 atom stereocenters. The van der Waals surface area contributed by atoms with Gasteiger partial charge in [-0.2, -0.15) is 0 Å². The van der Waals surface area contributed by atoms with Crippen molar-refractivity contribution in [1.82, 2.24) is 0 Å². The van der Waals surface area contributed by atoms with E-state index in [9.17, 15) is 9.18 Å². The molecule has 0 amide bonds. The molecule has 62 valence electrons. The minimum Gasteiger partial charge on any atom is -0.384 e. The molecule has 0 unspecified atom stereocenters. The highest BCUT2D eigenvalue weighted by molar-refractivity contribution is 5.86. The van der Waals surface area contributed by atoms with Crippen LogP contribution in [0.25, 0.3) is 0 Å². The fourth-order valence-electron chi connectivity index (χ4n) is 1.51. The maximum Gasteiger partial charge on any atom is 0.152 e. The Balaban J connectivity index is 2.62. The fourth-order valence-corrected chi connectivity index (χ4v) is 1.51. The normalized spacial score (nSPS) is 13.8. The molecule has 12 heavy (non-hydrogen) atoms. The molecule has 2 rings (SSSR count). The molecule has 0 aliphatic carbocycles. The number of anilines is 1. The lowest BCUT2D eigenvalue weighted by atomic mass is 10.1. The summed E-state index contributed by atoms with van der Waals surface area (Å²) >= 11 is 0. The lowest BCUT2D eigenvalue weighted by Gasteiger charge is -2.02. The van der Waals surface area contributed by atoms with Crippen LogP contribution in [0, 0.1) is 5.82 Å². The summed E-state index contributed by atoms with van der Waals surface area (Å²) in [5, 5.41) is 3.05. The first-order valence-corrected chi connectivity index (χ1v) is 3.83. The molecule has 0 spiro atoms. The van der Waals surface area contributed by atoms with Gasteiger partial charge in [-0.15, -0.1) is 0 Å². The maximum atomic E-state index is 12.8. The highest BCUT2D eigenvalue weighted by atomic mass is 19.1. The molecule has 0 fully saturated rings. The molecule has 1 aliphatic heterocycles. The number of hydrogen-bond donors (Lipinski definition) is 1. The van der Waals surface area contributed by atoms with E-state index in [4.69, 9.17) is 0 Å². The maximum absolute atomic E-state index is 12.8. The topological polar surface area (TPSA) is 29.1 Å². The zero-order valence-corrected chi connectivity index (χ0v) is 6.43. The van der Waals surface area contributed by atoms with Crippen molar-refractivity contribution in [1.29, 1.82) is 0 Å². The molecule has 1 aromatic rings. The summed E-state index contributed by atoms with van der Waals surface area (Å²) in [6.07, 6.45) is 1.48. The van der Waals surface area contributed by atoms with Gasteiger partial charge in [0.05, 0.1) is 0 Å². The van der Waals surface area contributed by atoms with Gasteiger partial charge in [-0.3, -0.25) is 4.79 Å². The summed E-state index contributed by atoms with van der Waals surface area (Å²) in [4.78, 5) is 10.5. The summed E-state index contributed by atoms with van der Waals surface area (Å²) < 4.78 is 12.8. The molecule has 0 radical (unpaired) electrons. The second-order valence-electron chi connectivity index (χ2n) is 2.82. The lowest BCUT2D eigenvalue weighted by molar-refractivity contribution is 0.112. The zero-order chi connectivity index (χ0) is 8.55. The van der Waals surface area contributed by atoms with Gasteiger partial charge in [0, 0.05) is 17.8 Å². The molecule has 1 N–H and O–H groups in total. The van der Waals surface area contributed by atoms with Crippen molar-refractivity contribution in [2.24, 2.45) is 0 Å². The summed E-state index contributed by atoms with van der Waals surface area (Å²) in [5.74, 6) is -0.334. The van der Waals surface area contributed by atoms with E-state index in [-0.39, 0.29) is 5.82 Å². The Bertz CT molecular complexity index is 336. The van der Waals surface area contributed by atoms with Gasteiger partial charge in [-0.25, -0.2) is 4.39 Å². The van der Waals surface area contributed by atoms with E-state index in [1.165, 1.54) is 12.1 Å². The number of benzene rings is 1. The SMILES string of the molecule is O=Cc1cc(F)cc2c1NCC2. The predicted molar refractivity (Wildman–Crippen MR) is 44.0 cm³/mol. The standard InChI is InChI=1S/C9H8FNO/c10-8-3-6-1-2-11-9(6)7(4-8)5-12/h3-5,11H,1-2H2. The van der Waals surface area contributed by atoms with Crippen LogP contribution in [0.4, 0.5) is 10.1 Å². The van der Waals surface area contributed by atoms with Crippen LogP contribution in [0.1, 0.15) is 15.9 Å². The largest absolute Gasteiger partial charge is 0.384 e. The molecule has 0 saturated heterocycles. The first-order valence-electron chi connectivity index (χ1n) is 3.83. The van der Waals surface area contributed by atoms with Gasteiger partial charge in [-0.1, -0.05) is 0 Å². The summed E-state index contributed by atoms with van der Waals surface area (Å²) in [5.41, 5.74) is 2.12. The average molecular weight is 165 g/mol. The number of nitrogens with one attached hydrogen (secondary N) is 1. The molecule has 2 nitrogen and oxygen atoms in total. The van der Waals surface area contributed by atoms with Crippen LogP contribution in [0.3, 0.4) is 0 Å². The van der Waals surface area contributed by atoms with Crippen LogP contribution in [-0.2, 0) is 6.42 Å². The minimum atomic E-state index is -0.334. The van der Waals surface area contributed by atoms with Crippen molar-refractivity contribution in [3.63, 3.8) is 0 Å². The molecule has 0 aromatic heterocycles. The van der Waals surface area contributed by atoms with Gasteiger partial charge in [0.25, 0.3) is 0 Å². The van der Waals surface area contributed by atoms with Crippen LogP contribution in [-0.4, -0.2) is 12.8 Å². The molecule has 0 saturated carbocycles. The van der Waals surface area contributed by atoms with E-state index in [1.807, 2.05) is 0 Å². The second kappa shape index (κ2) is 2.59. The van der Waals surface area contributed by atoms with E-state index in [0.29, 0.717) is 11.8 Å². The Morgan fingerprint density at radius 2 is 2.33 bits per heavy atom. The van der Waals surface area contributed by atoms with Crippen molar-refractivity contribution < 1.29 is 9.18 Å². The second-order valence-corrected chi connectivity index (χ2v) is 2.82. The Labute approximate surface area is 69.4 Å². The average Bonchev–Trinajstić information content (AvgIpc) is 2.50.